The highest BCUT2D eigenvalue weighted by atomic mass is 16.2. The van der Waals surface area contributed by atoms with Crippen LogP contribution in [-0.4, -0.2) is 42.1 Å². The fraction of sp³-hybridized carbons (Fsp3) is 0.409. The molecule has 1 amide bonds. The molecule has 2 aromatic rings. The molecule has 0 saturated carbocycles. The number of amides is 1. The Morgan fingerprint density at radius 2 is 2.00 bits per heavy atom. The first-order valence-electron chi connectivity index (χ1n) is 9.41. The number of carbonyl (C=O) groups excluding carboxylic acids is 1. The zero-order valence-corrected chi connectivity index (χ0v) is 15.9. The normalized spacial score (nSPS) is 11.0. The van der Waals surface area contributed by atoms with Crippen LogP contribution in [0.3, 0.4) is 0 Å². The molecule has 0 radical (unpaired) electrons. The first-order chi connectivity index (χ1) is 12.7. The lowest BCUT2D eigenvalue weighted by Crippen LogP contribution is -2.28. The minimum absolute atomic E-state index is 0.196. The third-order valence-electron chi connectivity index (χ3n) is 4.26. The third kappa shape index (κ3) is 7.18. The fourth-order valence-corrected chi connectivity index (χ4v) is 2.69. The van der Waals surface area contributed by atoms with E-state index in [4.69, 9.17) is 0 Å². The van der Waals surface area contributed by atoms with Crippen LogP contribution in [0, 0.1) is 0 Å². The van der Waals surface area contributed by atoms with Crippen LogP contribution < -0.4 is 0 Å². The minimum Gasteiger partial charge on any atom is -0.345 e. The Morgan fingerprint density at radius 1 is 1.19 bits per heavy atom. The maximum atomic E-state index is 12.3. The van der Waals surface area contributed by atoms with E-state index in [9.17, 15) is 4.79 Å². The van der Waals surface area contributed by atoms with Crippen molar-refractivity contribution in [2.45, 2.75) is 39.0 Å². The van der Waals surface area contributed by atoms with E-state index in [2.05, 4.69) is 35.1 Å². The van der Waals surface area contributed by atoms with Crippen molar-refractivity contribution in [2.75, 3.05) is 20.1 Å². The van der Waals surface area contributed by atoms with Crippen LogP contribution in [0.15, 0.2) is 53.7 Å². The van der Waals surface area contributed by atoms with Gasteiger partial charge in [-0.05, 0) is 48.9 Å². The summed E-state index contributed by atoms with van der Waals surface area (Å²) in [5.41, 5.74) is 3.36. The SMILES string of the molecule is CCCN=Cc1ccnc(CCCC(=O)N(C)CCc2ccccc2)c1. The molecular formula is C22H29N3O. The number of pyridine rings is 1. The van der Waals surface area contributed by atoms with E-state index in [0.29, 0.717) is 6.42 Å². The quantitative estimate of drug-likeness (QED) is 0.609. The number of likely N-dealkylation sites (N-methyl/N-ethyl adjacent to an activating group) is 1. The number of carbonyl (C=O) groups is 1. The summed E-state index contributed by atoms with van der Waals surface area (Å²) in [6, 6.07) is 14.3. The predicted octanol–water partition coefficient (Wildman–Crippen LogP) is 3.93. The summed E-state index contributed by atoms with van der Waals surface area (Å²) in [5.74, 6) is 0.196. The third-order valence-corrected chi connectivity index (χ3v) is 4.26. The van der Waals surface area contributed by atoms with Gasteiger partial charge in [-0.15, -0.1) is 0 Å². The predicted molar refractivity (Wildman–Crippen MR) is 108 cm³/mol. The van der Waals surface area contributed by atoms with Crippen LogP contribution in [0.4, 0.5) is 0 Å². The molecule has 4 heteroatoms. The molecule has 0 aliphatic heterocycles. The Morgan fingerprint density at radius 3 is 2.77 bits per heavy atom. The number of hydrogen-bond acceptors (Lipinski definition) is 3. The molecule has 1 aromatic heterocycles. The van der Waals surface area contributed by atoms with Crippen LogP contribution in [0.5, 0.6) is 0 Å². The van der Waals surface area contributed by atoms with Crippen molar-refractivity contribution >= 4 is 12.1 Å². The zero-order valence-electron chi connectivity index (χ0n) is 15.9. The maximum Gasteiger partial charge on any atom is 0.222 e. The number of rotatable bonds is 10. The second-order valence-corrected chi connectivity index (χ2v) is 6.52. The fourth-order valence-electron chi connectivity index (χ4n) is 2.69. The smallest absolute Gasteiger partial charge is 0.222 e. The molecule has 0 N–H and O–H groups in total. The molecule has 2 rings (SSSR count). The van der Waals surface area contributed by atoms with Crippen molar-refractivity contribution < 1.29 is 4.79 Å². The van der Waals surface area contributed by atoms with Crippen molar-refractivity contribution in [1.82, 2.24) is 9.88 Å². The molecule has 0 saturated heterocycles. The van der Waals surface area contributed by atoms with Crippen LogP contribution in [0.2, 0.25) is 0 Å². The van der Waals surface area contributed by atoms with Gasteiger partial charge < -0.3 is 4.90 Å². The lowest BCUT2D eigenvalue weighted by atomic mass is 10.1. The monoisotopic (exact) mass is 351 g/mol. The number of aromatic nitrogens is 1. The van der Waals surface area contributed by atoms with E-state index in [1.165, 1.54) is 5.56 Å². The Bertz CT molecular complexity index is 698. The lowest BCUT2D eigenvalue weighted by molar-refractivity contribution is -0.129. The highest BCUT2D eigenvalue weighted by Gasteiger charge is 2.09. The number of aryl methyl sites for hydroxylation is 1. The second kappa shape index (κ2) is 11.2. The molecule has 0 atom stereocenters. The molecule has 1 aromatic carbocycles. The van der Waals surface area contributed by atoms with E-state index < -0.39 is 0 Å². The van der Waals surface area contributed by atoms with E-state index in [1.54, 1.807) is 0 Å². The average molecular weight is 351 g/mol. The molecule has 26 heavy (non-hydrogen) atoms. The van der Waals surface area contributed by atoms with Gasteiger partial charge in [0.2, 0.25) is 5.91 Å². The number of benzene rings is 1. The lowest BCUT2D eigenvalue weighted by Gasteiger charge is -2.17. The zero-order chi connectivity index (χ0) is 18.6. The van der Waals surface area contributed by atoms with Crippen molar-refractivity contribution in [3.8, 4) is 0 Å². The molecule has 138 valence electrons. The molecule has 0 spiro atoms. The summed E-state index contributed by atoms with van der Waals surface area (Å²) in [6.45, 7) is 3.72. The van der Waals surface area contributed by atoms with Gasteiger partial charge in [-0.3, -0.25) is 14.8 Å². The first-order valence-corrected chi connectivity index (χ1v) is 9.41. The van der Waals surface area contributed by atoms with Gasteiger partial charge in [0, 0.05) is 44.7 Å². The van der Waals surface area contributed by atoms with Crippen molar-refractivity contribution in [2.24, 2.45) is 4.99 Å². The van der Waals surface area contributed by atoms with Gasteiger partial charge in [-0.25, -0.2) is 0 Å². The number of nitrogens with zero attached hydrogens (tertiary/aromatic N) is 3. The molecular weight excluding hydrogens is 322 g/mol. The Kier molecular flexibility index (Phi) is 8.53. The summed E-state index contributed by atoms with van der Waals surface area (Å²) in [6.07, 6.45) is 7.84. The summed E-state index contributed by atoms with van der Waals surface area (Å²) < 4.78 is 0. The number of hydrogen-bond donors (Lipinski definition) is 0. The summed E-state index contributed by atoms with van der Waals surface area (Å²) in [7, 11) is 1.88. The van der Waals surface area contributed by atoms with Crippen LogP contribution in [0.1, 0.15) is 43.0 Å². The minimum atomic E-state index is 0.196. The van der Waals surface area contributed by atoms with Gasteiger partial charge in [0.15, 0.2) is 0 Å². The van der Waals surface area contributed by atoms with E-state index in [0.717, 1.165) is 50.0 Å². The maximum absolute atomic E-state index is 12.3. The summed E-state index contributed by atoms with van der Waals surface area (Å²) in [4.78, 5) is 22.9. The van der Waals surface area contributed by atoms with E-state index >= 15 is 0 Å². The van der Waals surface area contributed by atoms with Crippen LogP contribution in [-0.2, 0) is 17.6 Å². The van der Waals surface area contributed by atoms with Gasteiger partial charge in [0.1, 0.15) is 0 Å². The largest absolute Gasteiger partial charge is 0.345 e. The van der Waals surface area contributed by atoms with Crippen molar-refractivity contribution in [3.63, 3.8) is 0 Å². The molecule has 0 fully saturated rings. The van der Waals surface area contributed by atoms with Gasteiger partial charge in [0.25, 0.3) is 0 Å². The second-order valence-electron chi connectivity index (χ2n) is 6.52. The average Bonchev–Trinajstić information content (AvgIpc) is 2.67. The van der Waals surface area contributed by atoms with E-state index in [1.807, 2.05) is 48.6 Å². The van der Waals surface area contributed by atoms with Crippen LogP contribution in [0.25, 0.3) is 0 Å². The molecule has 0 unspecified atom stereocenters. The topological polar surface area (TPSA) is 45.6 Å². The summed E-state index contributed by atoms with van der Waals surface area (Å²) >= 11 is 0. The molecule has 0 bridgehead atoms. The van der Waals surface area contributed by atoms with E-state index in [-0.39, 0.29) is 5.91 Å². The van der Waals surface area contributed by atoms with Gasteiger partial charge in [-0.1, -0.05) is 37.3 Å². The van der Waals surface area contributed by atoms with Crippen LogP contribution >= 0.6 is 0 Å². The van der Waals surface area contributed by atoms with Crippen molar-refractivity contribution in [1.29, 1.82) is 0 Å². The van der Waals surface area contributed by atoms with Gasteiger partial charge in [-0.2, -0.15) is 0 Å². The van der Waals surface area contributed by atoms with Crippen molar-refractivity contribution in [3.05, 3.63) is 65.5 Å². The highest BCUT2D eigenvalue weighted by Crippen LogP contribution is 2.07. The first kappa shape index (κ1) is 19.8. The Balaban J connectivity index is 1.72. The molecule has 1 heterocycles. The molecule has 0 aliphatic rings. The molecule has 0 aliphatic carbocycles. The number of aliphatic imine (C=N–C) groups is 1. The molecule has 4 nitrogen and oxygen atoms in total. The standard InChI is InChI=1S/C22H29N3O/c1-3-14-23-18-20-12-15-24-21(17-20)10-7-11-22(26)25(2)16-13-19-8-5-4-6-9-19/h4-6,8-9,12,15,17-18H,3,7,10-11,13-14,16H2,1-2H3. The summed E-state index contributed by atoms with van der Waals surface area (Å²) in [5, 5.41) is 0. The highest BCUT2D eigenvalue weighted by molar-refractivity contribution is 5.79. The van der Waals surface area contributed by atoms with Gasteiger partial charge in [0.05, 0.1) is 0 Å². The Hall–Kier alpha value is -2.49. The Labute approximate surface area is 157 Å². The van der Waals surface area contributed by atoms with Gasteiger partial charge >= 0.3 is 0 Å².